The lowest BCUT2D eigenvalue weighted by atomic mass is 9.73. The monoisotopic (exact) mass is 423 g/mol. The van der Waals surface area contributed by atoms with Crippen LogP contribution in [0.1, 0.15) is 60.0 Å². The largest absolute Gasteiger partial charge is 0.501 e. The Kier molecular flexibility index (Phi) is 4.37. The summed E-state index contributed by atoms with van der Waals surface area (Å²) in [6, 6.07) is 4.84. The van der Waals surface area contributed by atoms with Crippen LogP contribution in [0, 0.1) is 19.8 Å². The van der Waals surface area contributed by atoms with Gasteiger partial charge in [0, 0.05) is 31.5 Å². The molecule has 5 nitrogen and oxygen atoms in total. The average Bonchev–Trinajstić information content (AvgIpc) is 3.21. The first-order valence-corrected chi connectivity index (χ1v) is 11.3. The lowest BCUT2D eigenvalue weighted by molar-refractivity contribution is 0.294. The molecule has 1 aromatic carbocycles. The van der Waals surface area contributed by atoms with E-state index in [0.29, 0.717) is 23.1 Å². The molecule has 3 aliphatic rings. The molecule has 1 fully saturated rings. The molecule has 2 aliphatic carbocycles. The summed E-state index contributed by atoms with van der Waals surface area (Å²) in [6.45, 7) is 7.18. The molecular weight excluding hydrogens is 394 g/mol. The normalized spacial score (nSPS) is 27.2. The zero-order valence-electron chi connectivity index (χ0n) is 18.2. The molecule has 1 aromatic heterocycles. The van der Waals surface area contributed by atoms with Crippen molar-refractivity contribution in [2.45, 2.75) is 70.9 Å². The highest BCUT2D eigenvalue weighted by Gasteiger charge is 2.51. The topological polar surface area (TPSA) is 58.4 Å². The van der Waals surface area contributed by atoms with Gasteiger partial charge in [-0.15, -0.1) is 0 Å². The van der Waals surface area contributed by atoms with E-state index in [0.717, 1.165) is 25.1 Å². The fourth-order valence-corrected chi connectivity index (χ4v) is 6.64. The standard InChI is InChI=1S/C24H29N3O2S/c1-13-8-14(2)17-10-16-6-5-7-24(16,18(17)9-13)11-19-25-22(29)21(28)20-23(30)26(4)15(3)12-27(19)20/h8-9,15-16,28H,5-7,10-12H2,1-4H3/t15-,16?,24?/m0/s1. The van der Waals surface area contributed by atoms with Crippen LogP contribution in [-0.4, -0.2) is 37.6 Å². The Balaban J connectivity index is 1.69. The third-order valence-corrected chi connectivity index (χ3v) is 8.39. The molecule has 5 rings (SSSR count). The second-order valence-corrected chi connectivity index (χ2v) is 10.0. The highest BCUT2D eigenvalue weighted by Crippen LogP contribution is 2.55. The molecule has 0 bridgehead atoms. The van der Waals surface area contributed by atoms with Gasteiger partial charge in [0.15, 0.2) is 0 Å². The molecule has 30 heavy (non-hydrogen) atoms. The van der Waals surface area contributed by atoms with Gasteiger partial charge in [0.2, 0.25) is 5.75 Å². The molecule has 6 heteroatoms. The first kappa shape index (κ1) is 19.7. The van der Waals surface area contributed by atoms with Crippen LogP contribution < -0.4 is 5.56 Å². The number of rotatable bonds is 2. The van der Waals surface area contributed by atoms with Gasteiger partial charge in [0.25, 0.3) is 0 Å². The van der Waals surface area contributed by atoms with Gasteiger partial charge < -0.3 is 14.6 Å². The summed E-state index contributed by atoms with van der Waals surface area (Å²) in [4.78, 5) is 19.5. The van der Waals surface area contributed by atoms with E-state index in [1.807, 2.05) is 16.5 Å². The minimum atomic E-state index is -0.564. The molecule has 0 spiro atoms. The fraction of sp³-hybridized carbons (Fsp3) is 0.542. The lowest BCUT2D eigenvalue weighted by Crippen LogP contribution is -2.46. The van der Waals surface area contributed by atoms with E-state index in [1.165, 1.54) is 35.1 Å². The summed E-state index contributed by atoms with van der Waals surface area (Å²) in [7, 11) is 1.92. The molecule has 2 aromatic rings. The van der Waals surface area contributed by atoms with Crippen molar-refractivity contribution in [3.8, 4) is 5.75 Å². The van der Waals surface area contributed by atoms with Crippen molar-refractivity contribution in [1.82, 2.24) is 14.5 Å². The predicted octanol–water partition coefficient (Wildman–Crippen LogP) is 3.41. The van der Waals surface area contributed by atoms with Gasteiger partial charge in [0.1, 0.15) is 16.5 Å². The van der Waals surface area contributed by atoms with Gasteiger partial charge in [-0.3, -0.25) is 4.79 Å². The van der Waals surface area contributed by atoms with Crippen molar-refractivity contribution >= 4 is 17.2 Å². The van der Waals surface area contributed by atoms with Crippen LogP contribution >= 0.6 is 12.2 Å². The second-order valence-electron chi connectivity index (χ2n) is 9.64. The summed E-state index contributed by atoms with van der Waals surface area (Å²) in [6.07, 6.45) is 5.41. The Bertz CT molecular complexity index is 1140. The van der Waals surface area contributed by atoms with Crippen LogP contribution in [0.3, 0.4) is 0 Å². The van der Waals surface area contributed by atoms with Gasteiger partial charge in [0.05, 0.1) is 0 Å². The van der Waals surface area contributed by atoms with Crippen LogP contribution in [0.5, 0.6) is 5.75 Å². The van der Waals surface area contributed by atoms with E-state index < -0.39 is 5.56 Å². The van der Waals surface area contributed by atoms with Crippen molar-refractivity contribution in [3.63, 3.8) is 0 Å². The molecule has 0 radical (unpaired) electrons. The van der Waals surface area contributed by atoms with Crippen LogP contribution in [0.15, 0.2) is 16.9 Å². The molecule has 0 saturated heterocycles. The van der Waals surface area contributed by atoms with E-state index >= 15 is 0 Å². The number of benzene rings is 1. The first-order valence-electron chi connectivity index (χ1n) is 10.9. The quantitative estimate of drug-likeness (QED) is 0.750. The molecule has 1 aliphatic heterocycles. The third-order valence-electron chi connectivity index (χ3n) is 7.90. The number of aromatic nitrogens is 2. The van der Waals surface area contributed by atoms with Crippen LogP contribution in [0.25, 0.3) is 0 Å². The minimum Gasteiger partial charge on any atom is -0.501 e. The van der Waals surface area contributed by atoms with Crippen LogP contribution in [0.2, 0.25) is 0 Å². The number of nitrogens with zero attached hydrogens (tertiary/aromatic N) is 3. The Labute approximate surface area is 182 Å². The van der Waals surface area contributed by atoms with Gasteiger partial charge in [-0.2, -0.15) is 4.98 Å². The van der Waals surface area contributed by atoms with E-state index in [4.69, 9.17) is 12.2 Å². The second kappa shape index (κ2) is 6.64. The van der Waals surface area contributed by atoms with E-state index in [1.54, 1.807) is 0 Å². The minimum absolute atomic E-state index is 0.0253. The SMILES string of the molecule is Cc1cc(C)c2c(c1)C1(Cc3nc(=O)c(O)c4n3C[C@H](C)N(C)C4=S)CCCC1C2. The van der Waals surface area contributed by atoms with E-state index in [-0.39, 0.29) is 17.2 Å². The van der Waals surface area contributed by atoms with Crippen molar-refractivity contribution in [3.05, 3.63) is 56.3 Å². The number of likely N-dealkylation sites (N-methyl/N-ethyl adjacent to an activating group) is 1. The molecular formula is C24H29N3O2S. The predicted molar refractivity (Wildman–Crippen MR) is 121 cm³/mol. The molecule has 158 valence electrons. The molecule has 0 amide bonds. The third kappa shape index (κ3) is 2.62. The Morgan fingerprint density at radius 2 is 2.10 bits per heavy atom. The first-order chi connectivity index (χ1) is 14.2. The maximum atomic E-state index is 12.6. The number of thiocarbonyl (C=S) groups is 1. The lowest BCUT2D eigenvalue weighted by Gasteiger charge is -2.38. The van der Waals surface area contributed by atoms with Crippen LogP contribution in [-0.2, 0) is 24.8 Å². The van der Waals surface area contributed by atoms with Crippen LogP contribution in [0.4, 0.5) is 0 Å². The number of aromatic hydroxyl groups is 1. The van der Waals surface area contributed by atoms with Gasteiger partial charge in [-0.1, -0.05) is 36.3 Å². The number of aryl methyl sites for hydroxylation is 2. The number of hydrogen-bond acceptors (Lipinski definition) is 4. The Hall–Kier alpha value is -2.21. The van der Waals surface area contributed by atoms with Crippen molar-refractivity contribution in [1.29, 1.82) is 0 Å². The fourth-order valence-electron chi connectivity index (χ4n) is 6.26. The smallest absolute Gasteiger partial charge is 0.315 e. The summed E-state index contributed by atoms with van der Waals surface area (Å²) in [5.41, 5.74) is 5.56. The average molecular weight is 424 g/mol. The maximum absolute atomic E-state index is 12.6. The summed E-state index contributed by atoms with van der Waals surface area (Å²) in [5, 5.41) is 10.5. The van der Waals surface area contributed by atoms with E-state index in [2.05, 4.69) is 37.9 Å². The highest BCUT2D eigenvalue weighted by atomic mass is 32.1. The zero-order valence-corrected chi connectivity index (χ0v) is 19.0. The highest BCUT2D eigenvalue weighted by molar-refractivity contribution is 7.80. The van der Waals surface area contributed by atoms with Gasteiger partial charge in [-0.25, -0.2) is 0 Å². The summed E-state index contributed by atoms with van der Waals surface area (Å²) >= 11 is 5.62. The molecule has 2 heterocycles. The molecule has 1 N–H and O–H groups in total. The zero-order chi connectivity index (χ0) is 21.4. The molecule has 3 atom stereocenters. The summed E-state index contributed by atoms with van der Waals surface area (Å²) in [5.74, 6) is 1.04. The number of fused-ring (bicyclic) bond motifs is 4. The van der Waals surface area contributed by atoms with E-state index in [9.17, 15) is 9.90 Å². The van der Waals surface area contributed by atoms with Gasteiger partial charge in [-0.05, 0) is 62.6 Å². The Morgan fingerprint density at radius 3 is 2.87 bits per heavy atom. The number of hydrogen-bond donors (Lipinski definition) is 1. The molecule has 1 saturated carbocycles. The summed E-state index contributed by atoms with van der Waals surface area (Å²) < 4.78 is 2.02. The molecule has 2 unspecified atom stereocenters. The van der Waals surface area contributed by atoms with Gasteiger partial charge >= 0.3 is 5.56 Å². The van der Waals surface area contributed by atoms with Crippen molar-refractivity contribution in [2.24, 2.45) is 5.92 Å². The van der Waals surface area contributed by atoms with Crippen molar-refractivity contribution in [2.75, 3.05) is 7.05 Å². The Morgan fingerprint density at radius 1 is 1.33 bits per heavy atom. The van der Waals surface area contributed by atoms with Crippen molar-refractivity contribution < 1.29 is 5.11 Å². The maximum Gasteiger partial charge on any atom is 0.315 e.